The van der Waals surface area contributed by atoms with Crippen LogP contribution in [0.25, 0.3) is 0 Å². The highest BCUT2D eigenvalue weighted by molar-refractivity contribution is 9.10. The lowest BCUT2D eigenvalue weighted by Crippen LogP contribution is -2.33. The molecule has 1 N–H and O–H groups in total. The van der Waals surface area contributed by atoms with Crippen LogP contribution in [0, 0.1) is 11.7 Å². The van der Waals surface area contributed by atoms with Gasteiger partial charge in [-0.3, -0.25) is 4.99 Å². The van der Waals surface area contributed by atoms with Crippen molar-refractivity contribution >= 4 is 38.5 Å². The second kappa shape index (κ2) is 5.68. The third-order valence-electron chi connectivity index (χ3n) is 4.06. The molecule has 1 aromatic carbocycles. The van der Waals surface area contributed by atoms with Gasteiger partial charge in [0.1, 0.15) is 5.82 Å². The SMILES string of the molecule is CC1CCCC2(CSC(Nc3ccc(Br)cc3F)=N2)C1. The number of nitrogens with one attached hydrogen (secondary N) is 1. The standard InChI is InChI=1S/C15H18BrFN2S/c1-10-3-2-6-15(8-10)9-20-14(19-15)18-13-5-4-11(16)7-12(13)17/h4-5,7,10H,2-3,6,8-9H2,1H3,(H,18,19). The second-order valence-corrected chi connectivity index (χ2v) is 7.76. The van der Waals surface area contributed by atoms with Gasteiger partial charge in [0.2, 0.25) is 0 Å². The molecular formula is C15H18BrFN2S. The van der Waals surface area contributed by atoms with Gasteiger partial charge >= 0.3 is 0 Å². The summed E-state index contributed by atoms with van der Waals surface area (Å²) in [6.07, 6.45) is 4.89. The average molecular weight is 357 g/mol. The molecule has 0 saturated heterocycles. The Balaban J connectivity index is 1.75. The molecule has 20 heavy (non-hydrogen) atoms. The van der Waals surface area contributed by atoms with E-state index in [9.17, 15) is 4.39 Å². The maximum Gasteiger partial charge on any atom is 0.161 e. The van der Waals surface area contributed by atoms with Crippen molar-refractivity contribution in [3.63, 3.8) is 0 Å². The van der Waals surface area contributed by atoms with Gasteiger partial charge in [-0.2, -0.15) is 0 Å². The zero-order valence-electron chi connectivity index (χ0n) is 11.5. The molecule has 1 aromatic rings. The first-order chi connectivity index (χ1) is 9.56. The molecule has 1 fully saturated rings. The molecule has 0 radical (unpaired) electrons. The topological polar surface area (TPSA) is 24.4 Å². The molecule has 3 rings (SSSR count). The van der Waals surface area contributed by atoms with Crippen LogP contribution >= 0.6 is 27.7 Å². The van der Waals surface area contributed by atoms with Crippen LogP contribution in [0.1, 0.15) is 32.6 Å². The summed E-state index contributed by atoms with van der Waals surface area (Å²) in [6, 6.07) is 5.06. The van der Waals surface area contributed by atoms with Crippen molar-refractivity contribution in [2.45, 2.75) is 38.1 Å². The Labute approximate surface area is 131 Å². The van der Waals surface area contributed by atoms with Crippen LogP contribution in [0.5, 0.6) is 0 Å². The number of amidine groups is 1. The Morgan fingerprint density at radius 1 is 1.50 bits per heavy atom. The molecule has 0 aromatic heterocycles. The predicted molar refractivity (Wildman–Crippen MR) is 88.0 cm³/mol. The summed E-state index contributed by atoms with van der Waals surface area (Å²) in [7, 11) is 0. The minimum Gasteiger partial charge on any atom is -0.333 e. The lowest BCUT2D eigenvalue weighted by atomic mass is 9.78. The lowest BCUT2D eigenvalue weighted by Gasteiger charge is -2.33. The Bertz CT molecular complexity index is 549. The van der Waals surface area contributed by atoms with E-state index >= 15 is 0 Å². The maximum atomic E-state index is 13.8. The number of hydrogen-bond donors (Lipinski definition) is 1. The molecule has 0 bridgehead atoms. The van der Waals surface area contributed by atoms with Crippen LogP contribution in [0.4, 0.5) is 10.1 Å². The predicted octanol–water partition coefficient (Wildman–Crippen LogP) is 5.05. The molecule has 0 amide bonds. The van der Waals surface area contributed by atoms with Crippen LogP contribution in [-0.2, 0) is 0 Å². The number of benzene rings is 1. The maximum absolute atomic E-state index is 13.8. The van der Waals surface area contributed by atoms with Crippen molar-refractivity contribution in [2.24, 2.45) is 10.9 Å². The molecule has 2 aliphatic rings. The number of aliphatic imine (C=N–C) groups is 1. The van der Waals surface area contributed by atoms with Crippen LogP contribution in [-0.4, -0.2) is 16.5 Å². The highest BCUT2D eigenvalue weighted by Gasteiger charge is 2.39. The fraction of sp³-hybridized carbons (Fsp3) is 0.533. The Kier molecular flexibility index (Phi) is 4.09. The third-order valence-corrected chi connectivity index (χ3v) is 5.70. The van der Waals surface area contributed by atoms with Gasteiger partial charge < -0.3 is 5.32 Å². The molecule has 2 unspecified atom stereocenters. The van der Waals surface area contributed by atoms with Gasteiger partial charge in [-0.15, -0.1) is 0 Å². The lowest BCUT2D eigenvalue weighted by molar-refractivity contribution is 0.266. The Morgan fingerprint density at radius 3 is 3.10 bits per heavy atom. The highest BCUT2D eigenvalue weighted by Crippen LogP contribution is 2.42. The number of anilines is 1. The summed E-state index contributed by atoms with van der Waals surface area (Å²) in [5.41, 5.74) is 0.594. The van der Waals surface area contributed by atoms with E-state index in [0.717, 1.165) is 27.7 Å². The number of halogens is 2. The monoisotopic (exact) mass is 356 g/mol. The van der Waals surface area contributed by atoms with E-state index in [2.05, 4.69) is 28.2 Å². The van der Waals surface area contributed by atoms with Crippen molar-refractivity contribution in [3.8, 4) is 0 Å². The molecular weight excluding hydrogens is 339 g/mol. The van der Waals surface area contributed by atoms with Crippen molar-refractivity contribution in [3.05, 3.63) is 28.5 Å². The summed E-state index contributed by atoms with van der Waals surface area (Å²) in [6.45, 7) is 2.31. The van der Waals surface area contributed by atoms with E-state index in [1.54, 1.807) is 17.8 Å². The molecule has 2 atom stereocenters. The van der Waals surface area contributed by atoms with Gasteiger partial charge in [0.05, 0.1) is 11.2 Å². The van der Waals surface area contributed by atoms with E-state index < -0.39 is 0 Å². The summed E-state index contributed by atoms with van der Waals surface area (Å²) >= 11 is 4.99. The summed E-state index contributed by atoms with van der Waals surface area (Å²) in [4.78, 5) is 4.88. The van der Waals surface area contributed by atoms with Gasteiger partial charge in [-0.1, -0.05) is 47.5 Å². The quantitative estimate of drug-likeness (QED) is 0.760. The molecule has 108 valence electrons. The minimum atomic E-state index is -0.249. The average Bonchev–Trinajstić information content (AvgIpc) is 2.75. The van der Waals surface area contributed by atoms with Crippen molar-refractivity contribution in [1.82, 2.24) is 0 Å². The molecule has 5 heteroatoms. The molecule has 2 nitrogen and oxygen atoms in total. The zero-order valence-corrected chi connectivity index (χ0v) is 13.9. The first-order valence-electron chi connectivity index (χ1n) is 7.01. The summed E-state index contributed by atoms with van der Waals surface area (Å²) < 4.78 is 14.6. The fourth-order valence-corrected chi connectivity index (χ4v) is 4.62. The third kappa shape index (κ3) is 3.03. The zero-order chi connectivity index (χ0) is 14.2. The molecule has 1 saturated carbocycles. The number of thioether (sulfide) groups is 1. The van der Waals surface area contributed by atoms with Gasteiger partial charge in [-0.05, 0) is 37.0 Å². The number of rotatable bonds is 1. The van der Waals surface area contributed by atoms with Crippen LogP contribution < -0.4 is 5.32 Å². The van der Waals surface area contributed by atoms with Gasteiger partial charge in [0, 0.05) is 10.2 Å². The van der Waals surface area contributed by atoms with Crippen molar-refractivity contribution in [2.75, 3.05) is 11.1 Å². The van der Waals surface area contributed by atoms with Crippen molar-refractivity contribution in [1.29, 1.82) is 0 Å². The van der Waals surface area contributed by atoms with Gasteiger partial charge in [0.15, 0.2) is 5.17 Å². The molecule has 1 aliphatic carbocycles. The van der Waals surface area contributed by atoms with E-state index in [-0.39, 0.29) is 11.4 Å². The van der Waals surface area contributed by atoms with Crippen LogP contribution in [0.3, 0.4) is 0 Å². The second-order valence-electron chi connectivity index (χ2n) is 5.88. The first kappa shape index (κ1) is 14.4. The number of hydrogen-bond acceptors (Lipinski definition) is 3. The Morgan fingerprint density at radius 2 is 2.35 bits per heavy atom. The fourth-order valence-electron chi connectivity index (χ4n) is 3.12. The number of nitrogens with zero attached hydrogens (tertiary/aromatic N) is 1. The van der Waals surface area contributed by atoms with E-state index in [0.29, 0.717) is 5.69 Å². The highest BCUT2D eigenvalue weighted by atomic mass is 79.9. The van der Waals surface area contributed by atoms with E-state index in [1.807, 2.05) is 6.07 Å². The van der Waals surface area contributed by atoms with Crippen LogP contribution in [0.2, 0.25) is 0 Å². The van der Waals surface area contributed by atoms with E-state index in [4.69, 9.17) is 4.99 Å². The molecule has 1 aliphatic heterocycles. The summed E-state index contributed by atoms with van der Waals surface area (Å²) in [5.74, 6) is 1.52. The Hall–Kier alpha value is -0.550. The van der Waals surface area contributed by atoms with Gasteiger partial charge in [-0.25, -0.2) is 4.39 Å². The largest absolute Gasteiger partial charge is 0.333 e. The van der Waals surface area contributed by atoms with Crippen LogP contribution in [0.15, 0.2) is 27.7 Å². The smallest absolute Gasteiger partial charge is 0.161 e. The minimum absolute atomic E-state index is 0.0938. The summed E-state index contributed by atoms with van der Waals surface area (Å²) in [5, 5.41) is 4.00. The molecule has 1 heterocycles. The normalized spacial score (nSPS) is 29.6. The first-order valence-corrected chi connectivity index (χ1v) is 8.79. The van der Waals surface area contributed by atoms with Gasteiger partial charge in [0.25, 0.3) is 0 Å². The molecule has 1 spiro atoms. The van der Waals surface area contributed by atoms with Crippen molar-refractivity contribution < 1.29 is 4.39 Å². The van der Waals surface area contributed by atoms with E-state index in [1.165, 1.54) is 25.3 Å².